The van der Waals surface area contributed by atoms with Crippen LogP contribution < -0.4 is 16.4 Å². The van der Waals surface area contributed by atoms with Gasteiger partial charge in [0.05, 0.1) is 12.1 Å². The number of hydrogen-bond acceptors (Lipinski definition) is 5. The summed E-state index contributed by atoms with van der Waals surface area (Å²) < 4.78 is 0. The number of hydrogen-bond donors (Lipinski definition) is 3. The van der Waals surface area contributed by atoms with E-state index in [1.807, 2.05) is 14.0 Å². The molecule has 0 aliphatic heterocycles. The number of carbonyl (C=O) groups excluding carboxylic acids is 2. The number of ketones is 2. The Balaban J connectivity index is 3.68. The minimum absolute atomic E-state index is 0.0323. The fourth-order valence-electron chi connectivity index (χ4n) is 2.53. The van der Waals surface area contributed by atoms with Gasteiger partial charge in [0.25, 0.3) is 0 Å². The van der Waals surface area contributed by atoms with Crippen LogP contribution in [0.3, 0.4) is 0 Å². The number of Topliss-reactive ketones (excluding diaryl/α,β-unsaturated/α-hetero) is 2. The molecule has 0 rings (SSSR count). The van der Waals surface area contributed by atoms with Crippen LogP contribution in [0.4, 0.5) is 0 Å². The molecule has 0 radical (unpaired) electrons. The summed E-state index contributed by atoms with van der Waals surface area (Å²) in [5.41, 5.74) is 5.92. The summed E-state index contributed by atoms with van der Waals surface area (Å²) >= 11 is 0. The average Bonchev–Trinajstić information content (AvgIpc) is 2.49. The molecule has 0 spiro atoms. The van der Waals surface area contributed by atoms with E-state index in [0.29, 0.717) is 6.42 Å². The number of likely N-dealkylation sites (N-methyl/N-ethyl adjacent to an activating group) is 1. The van der Waals surface area contributed by atoms with Crippen molar-refractivity contribution in [3.8, 4) is 0 Å². The molecular weight excluding hydrogens is 278 g/mol. The molecule has 5 nitrogen and oxygen atoms in total. The second-order valence-corrected chi connectivity index (χ2v) is 5.99. The highest BCUT2D eigenvalue weighted by atomic mass is 16.1. The summed E-state index contributed by atoms with van der Waals surface area (Å²) in [5.74, 6) is 0.376. The quantitative estimate of drug-likeness (QED) is 0.401. The Kier molecular flexibility index (Phi) is 13.4. The standard InChI is InChI=1S/C17H35N3O2/c1-4-20-16(14(2)21)11-6-5-7-12-17(22)15(18)10-8-9-13-19-3/h15-16,19-20H,4-13,18H2,1-3H3. The Morgan fingerprint density at radius 1 is 1.05 bits per heavy atom. The van der Waals surface area contributed by atoms with Crippen LogP contribution in [0.15, 0.2) is 0 Å². The predicted octanol–water partition coefficient (Wildman–Crippen LogP) is 1.79. The lowest BCUT2D eigenvalue weighted by Gasteiger charge is -2.14. The van der Waals surface area contributed by atoms with E-state index in [2.05, 4.69) is 10.6 Å². The van der Waals surface area contributed by atoms with Crippen LogP contribution in [0.2, 0.25) is 0 Å². The zero-order chi connectivity index (χ0) is 16.8. The van der Waals surface area contributed by atoms with Crippen LogP contribution in [-0.2, 0) is 9.59 Å². The van der Waals surface area contributed by atoms with Crippen molar-refractivity contribution in [2.45, 2.75) is 77.3 Å². The first-order valence-electron chi connectivity index (χ1n) is 8.69. The van der Waals surface area contributed by atoms with Gasteiger partial charge in [-0.25, -0.2) is 0 Å². The molecule has 0 aromatic rings. The number of rotatable bonds is 15. The summed E-state index contributed by atoms with van der Waals surface area (Å²) in [6.45, 7) is 5.42. The van der Waals surface area contributed by atoms with E-state index in [9.17, 15) is 9.59 Å². The summed E-state index contributed by atoms with van der Waals surface area (Å²) in [7, 11) is 1.93. The van der Waals surface area contributed by atoms with Gasteiger partial charge in [-0.2, -0.15) is 0 Å². The van der Waals surface area contributed by atoms with Gasteiger partial charge in [-0.3, -0.25) is 9.59 Å². The largest absolute Gasteiger partial charge is 0.322 e. The first kappa shape index (κ1) is 21.2. The Labute approximate surface area is 135 Å². The highest BCUT2D eigenvalue weighted by Crippen LogP contribution is 2.09. The van der Waals surface area contributed by atoms with Gasteiger partial charge < -0.3 is 16.4 Å². The van der Waals surface area contributed by atoms with E-state index >= 15 is 0 Å². The third kappa shape index (κ3) is 10.9. The molecule has 22 heavy (non-hydrogen) atoms. The van der Waals surface area contributed by atoms with E-state index in [0.717, 1.165) is 58.0 Å². The van der Waals surface area contributed by atoms with Crippen LogP contribution in [0.5, 0.6) is 0 Å². The maximum atomic E-state index is 11.9. The van der Waals surface area contributed by atoms with E-state index in [1.165, 1.54) is 0 Å². The van der Waals surface area contributed by atoms with E-state index in [4.69, 9.17) is 5.73 Å². The molecule has 0 saturated heterocycles. The predicted molar refractivity (Wildman–Crippen MR) is 92.0 cm³/mol. The monoisotopic (exact) mass is 313 g/mol. The molecule has 0 aromatic carbocycles. The van der Waals surface area contributed by atoms with Gasteiger partial charge in [0.15, 0.2) is 0 Å². The topological polar surface area (TPSA) is 84.2 Å². The molecule has 4 N–H and O–H groups in total. The van der Waals surface area contributed by atoms with E-state index in [1.54, 1.807) is 6.92 Å². The van der Waals surface area contributed by atoms with Gasteiger partial charge in [-0.15, -0.1) is 0 Å². The van der Waals surface area contributed by atoms with Crippen LogP contribution in [0.1, 0.15) is 65.2 Å². The fraction of sp³-hybridized carbons (Fsp3) is 0.882. The molecule has 2 atom stereocenters. The summed E-state index contributed by atoms with van der Waals surface area (Å²) in [5, 5.41) is 6.28. The van der Waals surface area contributed by atoms with Gasteiger partial charge in [-0.05, 0) is 52.7 Å². The lowest BCUT2D eigenvalue weighted by atomic mass is 9.99. The summed E-state index contributed by atoms with van der Waals surface area (Å²) in [6, 6.07) is -0.335. The Morgan fingerprint density at radius 2 is 1.73 bits per heavy atom. The van der Waals surface area contributed by atoms with Crippen molar-refractivity contribution in [3.63, 3.8) is 0 Å². The van der Waals surface area contributed by atoms with Crippen LogP contribution in [0, 0.1) is 0 Å². The van der Waals surface area contributed by atoms with Crippen LogP contribution in [-0.4, -0.2) is 43.8 Å². The van der Waals surface area contributed by atoms with Gasteiger partial charge in [0.1, 0.15) is 11.6 Å². The van der Waals surface area contributed by atoms with E-state index in [-0.39, 0.29) is 23.7 Å². The highest BCUT2D eigenvalue weighted by molar-refractivity contribution is 5.83. The van der Waals surface area contributed by atoms with Crippen molar-refractivity contribution in [1.29, 1.82) is 0 Å². The lowest BCUT2D eigenvalue weighted by molar-refractivity contribution is -0.121. The Hall–Kier alpha value is -0.780. The highest BCUT2D eigenvalue weighted by Gasteiger charge is 2.14. The molecule has 0 aliphatic rings. The molecule has 2 unspecified atom stereocenters. The van der Waals surface area contributed by atoms with Gasteiger partial charge in [0.2, 0.25) is 0 Å². The molecule has 0 saturated carbocycles. The smallest absolute Gasteiger partial charge is 0.149 e. The van der Waals surface area contributed by atoms with Crippen molar-refractivity contribution in [1.82, 2.24) is 10.6 Å². The first-order chi connectivity index (χ1) is 10.5. The molecule has 0 aliphatic carbocycles. The van der Waals surface area contributed by atoms with Gasteiger partial charge in [0, 0.05) is 6.42 Å². The average molecular weight is 313 g/mol. The number of nitrogens with one attached hydrogen (secondary N) is 2. The fourth-order valence-corrected chi connectivity index (χ4v) is 2.53. The third-order valence-electron chi connectivity index (χ3n) is 3.96. The normalized spacial score (nSPS) is 13.8. The van der Waals surface area contributed by atoms with Gasteiger partial charge >= 0.3 is 0 Å². The maximum Gasteiger partial charge on any atom is 0.149 e. The minimum Gasteiger partial charge on any atom is -0.322 e. The second-order valence-electron chi connectivity index (χ2n) is 5.99. The van der Waals surface area contributed by atoms with Crippen molar-refractivity contribution in [2.24, 2.45) is 5.73 Å². The number of unbranched alkanes of at least 4 members (excludes halogenated alkanes) is 3. The first-order valence-corrected chi connectivity index (χ1v) is 8.69. The molecule has 0 fully saturated rings. The van der Waals surface area contributed by atoms with Crippen LogP contribution in [0.25, 0.3) is 0 Å². The Morgan fingerprint density at radius 3 is 2.32 bits per heavy atom. The number of nitrogens with two attached hydrogens (primary N) is 1. The SMILES string of the molecule is CCNC(CCCCCC(=O)C(N)CCCCNC)C(C)=O. The molecule has 0 bridgehead atoms. The molecule has 130 valence electrons. The molecule has 0 aromatic heterocycles. The van der Waals surface area contributed by atoms with Crippen molar-refractivity contribution < 1.29 is 9.59 Å². The molecular formula is C17H35N3O2. The van der Waals surface area contributed by atoms with Gasteiger partial charge in [-0.1, -0.05) is 26.2 Å². The summed E-state index contributed by atoms with van der Waals surface area (Å²) in [4.78, 5) is 23.3. The second kappa shape index (κ2) is 13.9. The third-order valence-corrected chi connectivity index (χ3v) is 3.96. The van der Waals surface area contributed by atoms with Crippen molar-refractivity contribution >= 4 is 11.6 Å². The zero-order valence-corrected chi connectivity index (χ0v) is 14.6. The van der Waals surface area contributed by atoms with E-state index < -0.39 is 0 Å². The van der Waals surface area contributed by atoms with Crippen molar-refractivity contribution in [2.75, 3.05) is 20.1 Å². The zero-order valence-electron chi connectivity index (χ0n) is 14.6. The lowest BCUT2D eigenvalue weighted by Crippen LogP contribution is -2.35. The molecule has 0 heterocycles. The van der Waals surface area contributed by atoms with Crippen LogP contribution >= 0.6 is 0 Å². The van der Waals surface area contributed by atoms with Crippen molar-refractivity contribution in [3.05, 3.63) is 0 Å². The number of carbonyl (C=O) groups is 2. The molecule has 0 amide bonds. The summed E-state index contributed by atoms with van der Waals surface area (Å²) in [6.07, 6.45) is 7.10. The maximum absolute atomic E-state index is 11.9. The Bertz CT molecular complexity index is 308. The minimum atomic E-state index is -0.302. The molecule has 5 heteroatoms.